The third-order valence-corrected chi connectivity index (χ3v) is 3.27. The van der Waals surface area contributed by atoms with Crippen molar-refractivity contribution in [3.63, 3.8) is 0 Å². The van der Waals surface area contributed by atoms with Crippen molar-refractivity contribution in [1.29, 1.82) is 0 Å². The smallest absolute Gasteiger partial charge is 0.102 e. The standard InChI is InChI=1S/C9H16IO/c1-5-6(2)9(11)7(3)8(4)10/h5-9H,1H2,2-4H3. The van der Waals surface area contributed by atoms with Gasteiger partial charge >= 0.3 is 0 Å². The van der Waals surface area contributed by atoms with Gasteiger partial charge in [-0.1, -0.05) is 49.4 Å². The zero-order chi connectivity index (χ0) is 9.02. The molecule has 0 aromatic heterocycles. The van der Waals surface area contributed by atoms with E-state index in [1.165, 1.54) is 0 Å². The van der Waals surface area contributed by atoms with Gasteiger partial charge in [-0.05, 0) is 5.92 Å². The third-order valence-electron chi connectivity index (χ3n) is 2.13. The van der Waals surface area contributed by atoms with Crippen molar-refractivity contribution < 1.29 is 5.11 Å². The molecule has 2 heteroatoms. The number of alkyl halides is 1. The molecule has 0 aliphatic carbocycles. The highest BCUT2D eigenvalue weighted by molar-refractivity contribution is 14.1. The Bertz CT molecular complexity index is 123. The van der Waals surface area contributed by atoms with Gasteiger partial charge in [0.1, 0.15) is 6.10 Å². The lowest BCUT2D eigenvalue weighted by Crippen LogP contribution is -2.27. The molecule has 11 heavy (non-hydrogen) atoms. The minimum Gasteiger partial charge on any atom is -0.232 e. The lowest BCUT2D eigenvalue weighted by atomic mass is 9.92. The second-order valence-electron chi connectivity index (χ2n) is 3.10. The van der Waals surface area contributed by atoms with Crippen molar-refractivity contribution in [1.82, 2.24) is 0 Å². The second kappa shape index (κ2) is 5.14. The Kier molecular flexibility index (Phi) is 5.34. The van der Waals surface area contributed by atoms with Gasteiger partial charge in [0, 0.05) is 9.84 Å². The van der Waals surface area contributed by atoms with E-state index in [1.54, 1.807) is 6.08 Å². The first-order valence-corrected chi connectivity index (χ1v) is 5.17. The van der Waals surface area contributed by atoms with Crippen molar-refractivity contribution >= 4 is 22.6 Å². The summed E-state index contributed by atoms with van der Waals surface area (Å²) in [4.78, 5) is 0. The van der Waals surface area contributed by atoms with Crippen LogP contribution in [-0.4, -0.2) is 10.0 Å². The Labute approximate surface area is 83.0 Å². The van der Waals surface area contributed by atoms with Crippen LogP contribution in [0.2, 0.25) is 0 Å². The van der Waals surface area contributed by atoms with E-state index in [4.69, 9.17) is 0 Å². The SMILES string of the molecule is C=CC(C)C([O])C(C)C(C)I. The summed E-state index contributed by atoms with van der Waals surface area (Å²) in [5.41, 5.74) is 0. The summed E-state index contributed by atoms with van der Waals surface area (Å²) in [6, 6.07) is 0. The molecule has 0 fully saturated rings. The Morgan fingerprint density at radius 3 is 2.09 bits per heavy atom. The monoisotopic (exact) mass is 267 g/mol. The first kappa shape index (κ1) is 11.4. The fourth-order valence-corrected chi connectivity index (χ4v) is 1.28. The molecule has 0 aromatic rings. The molecule has 0 aromatic carbocycles. The summed E-state index contributed by atoms with van der Waals surface area (Å²) in [6.07, 6.45) is 1.24. The Morgan fingerprint density at radius 1 is 1.36 bits per heavy atom. The van der Waals surface area contributed by atoms with Crippen LogP contribution in [0.25, 0.3) is 0 Å². The van der Waals surface area contributed by atoms with Crippen molar-refractivity contribution in [3.05, 3.63) is 12.7 Å². The summed E-state index contributed by atoms with van der Waals surface area (Å²) in [5, 5.41) is 11.5. The van der Waals surface area contributed by atoms with Crippen molar-refractivity contribution in [2.24, 2.45) is 11.8 Å². The second-order valence-corrected chi connectivity index (χ2v) is 5.06. The maximum absolute atomic E-state index is 11.5. The van der Waals surface area contributed by atoms with E-state index in [0.717, 1.165) is 0 Å². The van der Waals surface area contributed by atoms with Gasteiger partial charge in [-0.15, -0.1) is 6.58 Å². The largest absolute Gasteiger partial charge is 0.232 e. The molecule has 0 saturated heterocycles. The Hall–Kier alpha value is 0.430. The lowest BCUT2D eigenvalue weighted by Gasteiger charge is -2.22. The summed E-state index contributed by atoms with van der Waals surface area (Å²) >= 11 is 2.30. The first-order chi connectivity index (χ1) is 5.00. The molecule has 0 spiro atoms. The van der Waals surface area contributed by atoms with E-state index < -0.39 is 6.10 Å². The first-order valence-electron chi connectivity index (χ1n) is 3.93. The molecule has 0 aliphatic heterocycles. The van der Waals surface area contributed by atoms with Crippen LogP contribution in [0, 0.1) is 11.8 Å². The summed E-state index contributed by atoms with van der Waals surface area (Å²) in [5.74, 6) is 0.311. The van der Waals surface area contributed by atoms with Crippen LogP contribution in [0.4, 0.5) is 0 Å². The zero-order valence-electron chi connectivity index (χ0n) is 7.38. The number of hydrogen-bond acceptors (Lipinski definition) is 0. The van der Waals surface area contributed by atoms with Crippen LogP contribution in [0.3, 0.4) is 0 Å². The van der Waals surface area contributed by atoms with Gasteiger partial charge in [-0.25, -0.2) is 5.11 Å². The van der Waals surface area contributed by atoms with Crippen LogP contribution in [0.5, 0.6) is 0 Å². The molecule has 0 heterocycles. The molecule has 65 valence electrons. The van der Waals surface area contributed by atoms with Crippen LogP contribution in [0.15, 0.2) is 12.7 Å². The van der Waals surface area contributed by atoms with Gasteiger partial charge in [0.15, 0.2) is 0 Å². The highest BCUT2D eigenvalue weighted by Crippen LogP contribution is 2.22. The van der Waals surface area contributed by atoms with E-state index in [2.05, 4.69) is 36.1 Å². The number of halogens is 1. The maximum atomic E-state index is 11.5. The average Bonchev–Trinajstić information content (AvgIpc) is 2.00. The normalized spacial score (nSPS) is 21.9. The van der Waals surface area contributed by atoms with E-state index in [9.17, 15) is 5.11 Å². The average molecular weight is 267 g/mol. The van der Waals surface area contributed by atoms with Crippen LogP contribution in [-0.2, 0) is 5.11 Å². The van der Waals surface area contributed by atoms with E-state index in [-0.39, 0.29) is 11.8 Å². The molecule has 4 unspecified atom stereocenters. The molecule has 1 radical (unpaired) electrons. The van der Waals surface area contributed by atoms with Crippen molar-refractivity contribution in [2.75, 3.05) is 0 Å². The van der Waals surface area contributed by atoms with E-state index in [1.807, 2.05) is 13.8 Å². The van der Waals surface area contributed by atoms with E-state index in [0.29, 0.717) is 3.92 Å². The molecule has 4 atom stereocenters. The maximum Gasteiger partial charge on any atom is 0.102 e. The fraction of sp³-hybridized carbons (Fsp3) is 0.778. The summed E-state index contributed by atoms with van der Waals surface area (Å²) in [7, 11) is 0. The minimum atomic E-state index is -0.501. The number of hydrogen-bond donors (Lipinski definition) is 0. The summed E-state index contributed by atoms with van der Waals surface area (Å²) < 4.78 is 0.442. The fourth-order valence-electron chi connectivity index (χ4n) is 0.874. The van der Waals surface area contributed by atoms with Gasteiger partial charge in [-0.2, -0.15) is 0 Å². The zero-order valence-corrected chi connectivity index (χ0v) is 9.54. The topological polar surface area (TPSA) is 19.9 Å². The third kappa shape index (κ3) is 3.56. The molecule has 0 aliphatic rings. The van der Waals surface area contributed by atoms with Crippen molar-refractivity contribution in [2.45, 2.75) is 30.8 Å². The Morgan fingerprint density at radius 2 is 1.82 bits per heavy atom. The van der Waals surface area contributed by atoms with E-state index >= 15 is 0 Å². The van der Waals surface area contributed by atoms with Gasteiger partial charge in [-0.3, -0.25) is 0 Å². The molecule has 0 saturated carbocycles. The minimum absolute atomic E-state index is 0.0854. The molecule has 0 rings (SSSR count). The molecular weight excluding hydrogens is 251 g/mol. The number of rotatable bonds is 4. The quantitative estimate of drug-likeness (QED) is 0.424. The van der Waals surface area contributed by atoms with Crippen LogP contribution >= 0.6 is 22.6 Å². The molecule has 1 nitrogen and oxygen atoms in total. The summed E-state index contributed by atoms with van der Waals surface area (Å²) in [6.45, 7) is 9.64. The van der Waals surface area contributed by atoms with Gasteiger partial charge in [0.25, 0.3) is 0 Å². The van der Waals surface area contributed by atoms with Crippen molar-refractivity contribution in [3.8, 4) is 0 Å². The molecule has 0 amide bonds. The predicted octanol–water partition coefficient (Wildman–Crippen LogP) is 3.07. The van der Waals surface area contributed by atoms with Gasteiger partial charge < -0.3 is 0 Å². The molecular formula is C9H16IO. The highest BCUT2D eigenvalue weighted by Gasteiger charge is 2.23. The van der Waals surface area contributed by atoms with Crippen LogP contribution < -0.4 is 0 Å². The van der Waals surface area contributed by atoms with Crippen LogP contribution in [0.1, 0.15) is 20.8 Å². The highest BCUT2D eigenvalue weighted by atomic mass is 127. The molecule has 0 bridgehead atoms. The lowest BCUT2D eigenvalue weighted by molar-refractivity contribution is 0.0177. The van der Waals surface area contributed by atoms with Gasteiger partial charge in [0.05, 0.1) is 0 Å². The Balaban J connectivity index is 4.00. The molecule has 0 N–H and O–H groups in total. The van der Waals surface area contributed by atoms with Gasteiger partial charge in [0.2, 0.25) is 0 Å². The predicted molar refractivity (Wildman–Crippen MR) is 56.5 cm³/mol.